The first kappa shape index (κ1) is 13.0. The van der Waals surface area contributed by atoms with Gasteiger partial charge in [-0.15, -0.1) is 0 Å². The maximum atomic E-state index is 11.9. The van der Waals surface area contributed by atoms with E-state index in [1.807, 2.05) is 0 Å². The van der Waals surface area contributed by atoms with Crippen LogP contribution in [0.25, 0.3) is 0 Å². The minimum Gasteiger partial charge on any atom is -0.398 e. The number of benzene rings is 1. The summed E-state index contributed by atoms with van der Waals surface area (Å²) in [6.07, 6.45) is 3.70. The number of nitrogens with zero attached hydrogens (tertiary/aromatic N) is 2. The summed E-state index contributed by atoms with van der Waals surface area (Å²) in [7, 11) is 0. The topological polar surface area (TPSA) is 105 Å². The Morgan fingerprint density at radius 1 is 1.37 bits per heavy atom. The highest BCUT2D eigenvalue weighted by molar-refractivity contribution is 6.29. The molecule has 2 rings (SSSR count). The molecule has 0 aliphatic heterocycles. The zero-order chi connectivity index (χ0) is 13.8. The summed E-state index contributed by atoms with van der Waals surface area (Å²) in [6.45, 7) is 0. The van der Waals surface area contributed by atoms with Gasteiger partial charge in [0.2, 0.25) is 0 Å². The molecule has 96 valence electrons. The Labute approximate surface area is 114 Å². The highest BCUT2D eigenvalue weighted by atomic mass is 35.5. The number of amides is 1. The number of hydrogen-bond acceptors (Lipinski definition) is 5. The van der Waals surface area contributed by atoms with Gasteiger partial charge in [0, 0.05) is 23.2 Å². The van der Waals surface area contributed by atoms with E-state index in [4.69, 9.17) is 22.7 Å². The smallest absolute Gasteiger partial charge is 0.275 e. The number of hydrogen-bond donors (Lipinski definition) is 3. The molecule has 0 bridgehead atoms. The minimum absolute atomic E-state index is 0.151. The average molecular weight is 276 g/mol. The van der Waals surface area contributed by atoms with Crippen molar-refractivity contribution in [2.75, 3.05) is 11.1 Å². The first-order valence-corrected chi connectivity index (χ1v) is 5.67. The Morgan fingerprint density at radius 2 is 2.16 bits per heavy atom. The fourth-order valence-electron chi connectivity index (χ4n) is 1.40. The van der Waals surface area contributed by atoms with E-state index < -0.39 is 5.91 Å². The van der Waals surface area contributed by atoms with Gasteiger partial charge in [-0.25, -0.2) is 9.97 Å². The van der Waals surface area contributed by atoms with E-state index in [0.717, 1.165) is 6.21 Å². The third-order valence-electron chi connectivity index (χ3n) is 2.35. The first-order valence-electron chi connectivity index (χ1n) is 5.29. The van der Waals surface area contributed by atoms with Crippen molar-refractivity contribution in [2.24, 2.45) is 0 Å². The molecule has 1 aromatic heterocycles. The summed E-state index contributed by atoms with van der Waals surface area (Å²) in [6, 6.07) is 4.86. The Balaban J connectivity index is 2.19. The second-order valence-electron chi connectivity index (χ2n) is 3.67. The summed E-state index contributed by atoms with van der Waals surface area (Å²) < 4.78 is 0. The Kier molecular flexibility index (Phi) is 3.72. The van der Waals surface area contributed by atoms with E-state index in [1.165, 1.54) is 12.4 Å². The van der Waals surface area contributed by atoms with E-state index >= 15 is 0 Å². The third kappa shape index (κ3) is 3.05. The number of rotatable bonds is 3. The van der Waals surface area contributed by atoms with Gasteiger partial charge in [-0.1, -0.05) is 11.6 Å². The lowest BCUT2D eigenvalue weighted by atomic mass is 10.1. The van der Waals surface area contributed by atoms with Crippen molar-refractivity contribution in [1.82, 2.24) is 9.97 Å². The molecule has 0 saturated carbocycles. The summed E-state index contributed by atoms with van der Waals surface area (Å²) >= 11 is 5.59. The highest BCUT2D eigenvalue weighted by Crippen LogP contribution is 2.16. The minimum atomic E-state index is -0.412. The van der Waals surface area contributed by atoms with Gasteiger partial charge < -0.3 is 16.5 Å². The van der Waals surface area contributed by atoms with Crippen LogP contribution in [-0.2, 0) is 0 Å². The molecule has 2 aromatic rings. The Morgan fingerprint density at radius 3 is 2.79 bits per heavy atom. The van der Waals surface area contributed by atoms with E-state index in [-0.39, 0.29) is 10.8 Å². The number of halogens is 1. The molecule has 6 nitrogen and oxygen atoms in total. The number of nitrogen functional groups attached to an aromatic ring is 1. The predicted molar refractivity (Wildman–Crippen MR) is 73.7 cm³/mol. The van der Waals surface area contributed by atoms with Gasteiger partial charge >= 0.3 is 0 Å². The molecule has 0 atom stereocenters. The van der Waals surface area contributed by atoms with Crippen LogP contribution in [0.5, 0.6) is 0 Å². The molecule has 0 aliphatic carbocycles. The fraction of sp³-hybridized carbons (Fsp3) is 0. The monoisotopic (exact) mass is 275 g/mol. The molecule has 0 aliphatic rings. The summed E-state index contributed by atoms with van der Waals surface area (Å²) in [5.41, 5.74) is 7.33. The van der Waals surface area contributed by atoms with Crippen LogP contribution in [0.3, 0.4) is 0 Å². The summed E-state index contributed by atoms with van der Waals surface area (Å²) in [5.74, 6) is -0.412. The Hall–Kier alpha value is -2.47. The predicted octanol–water partition coefficient (Wildman–Crippen LogP) is 1.96. The zero-order valence-electron chi connectivity index (χ0n) is 9.72. The molecule has 0 radical (unpaired) electrons. The molecule has 0 fully saturated rings. The lowest BCUT2D eigenvalue weighted by molar-refractivity contribution is 0.102. The zero-order valence-corrected chi connectivity index (χ0v) is 10.5. The van der Waals surface area contributed by atoms with Gasteiger partial charge in [0.05, 0.1) is 12.4 Å². The van der Waals surface area contributed by atoms with Gasteiger partial charge in [-0.2, -0.15) is 0 Å². The first-order chi connectivity index (χ1) is 9.10. The number of anilines is 2. The molecular weight excluding hydrogens is 266 g/mol. The van der Waals surface area contributed by atoms with Crippen LogP contribution < -0.4 is 11.1 Å². The van der Waals surface area contributed by atoms with Crippen molar-refractivity contribution in [3.05, 3.63) is 47.0 Å². The SMILES string of the molecule is N=Cc1cc(NC(=O)c2cnc(Cl)cn2)ccc1N. The molecule has 7 heteroatoms. The van der Waals surface area contributed by atoms with Crippen molar-refractivity contribution in [3.8, 4) is 0 Å². The van der Waals surface area contributed by atoms with Crippen molar-refractivity contribution in [2.45, 2.75) is 0 Å². The van der Waals surface area contributed by atoms with E-state index in [9.17, 15) is 4.79 Å². The van der Waals surface area contributed by atoms with E-state index in [1.54, 1.807) is 18.2 Å². The second kappa shape index (κ2) is 5.45. The molecule has 1 aromatic carbocycles. The van der Waals surface area contributed by atoms with Crippen molar-refractivity contribution in [1.29, 1.82) is 5.41 Å². The molecule has 1 amide bonds. The molecule has 0 unspecified atom stereocenters. The lowest BCUT2D eigenvalue weighted by Gasteiger charge is -2.06. The van der Waals surface area contributed by atoms with Gasteiger partial charge in [0.1, 0.15) is 10.8 Å². The maximum absolute atomic E-state index is 11.9. The fourth-order valence-corrected chi connectivity index (χ4v) is 1.50. The van der Waals surface area contributed by atoms with Crippen LogP contribution in [0.2, 0.25) is 5.15 Å². The quantitative estimate of drug-likeness (QED) is 0.588. The molecular formula is C12H10ClN5O. The number of aromatic nitrogens is 2. The van der Waals surface area contributed by atoms with Crippen molar-refractivity contribution < 1.29 is 4.79 Å². The third-order valence-corrected chi connectivity index (χ3v) is 2.55. The highest BCUT2D eigenvalue weighted by Gasteiger charge is 2.09. The Bertz CT molecular complexity index is 627. The van der Waals surface area contributed by atoms with Crippen molar-refractivity contribution in [3.63, 3.8) is 0 Å². The van der Waals surface area contributed by atoms with Crippen LogP contribution in [-0.4, -0.2) is 22.1 Å². The van der Waals surface area contributed by atoms with Gasteiger partial charge in [-0.3, -0.25) is 4.79 Å². The van der Waals surface area contributed by atoms with Gasteiger partial charge in [-0.05, 0) is 18.2 Å². The molecule has 0 saturated heterocycles. The number of carbonyl (C=O) groups excluding carboxylic acids is 1. The molecule has 4 N–H and O–H groups in total. The maximum Gasteiger partial charge on any atom is 0.275 e. The standard InChI is InChI=1S/C12H10ClN5O/c13-11-6-16-10(5-17-11)12(19)18-8-1-2-9(15)7(3-8)4-14/h1-6,14H,15H2,(H,18,19). The summed E-state index contributed by atoms with van der Waals surface area (Å²) in [5, 5.41) is 10.1. The molecule has 19 heavy (non-hydrogen) atoms. The van der Waals surface area contributed by atoms with Crippen LogP contribution >= 0.6 is 11.6 Å². The summed E-state index contributed by atoms with van der Waals surface area (Å²) in [4.78, 5) is 19.5. The van der Waals surface area contributed by atoms with Crippen LogP contribution in [0.1, 0.15) is 16.1 Å². The van der Waals surface area contributed by atoms with E-state index in [2.05, 4.69) is 15.3 Å². The molecule has 0 spiro atoms. The average Bonchev–Trinajstić information content (AvgIpc) is 2.41. The largest absolute Gasteiger partial charge is 0.398 e. The number of nitrogens with two attached hydrogens (primary N) is 1. The van der Waals surface area contributed by atoms with Crippen LogP contribution in [0.15, 0.2) is 30.6 Å². The second-order valence-corrected chi connectivity index (χ2v) is 4.05. The van der Waals surface area contributed by atoms with Crippen molar-refractivity contribution >= 4 is 35.1 Å². The van der Waals surface area contributed by atoms with Gasteiger partial charge in [0.15, 0.2) is 0 Å². The number of carbonyl (C=O) groups is 1. The lowest BCUT2D eigenvalue weighted by Crippen LogP contribution is -2.14. The van der Waals surface area contributed by atoms with Gasteiger partial charge in [0.25, 0.3) is 5.91 Å². The molecule has 1 heterocycles. The van der Waals surface area contributed by atoms with Crippen LogP contribution in [0, 0.1) is 5.41 Å². The van der Waals surface area contributed by atoms with Crippen LogP contribution in [0.4, 0.5) is 11.4 Å². The normalized spacial score (nSPS) is 9.95. The number of nitrogens with one attached hydrogen (secondary N) is 2. The van der Waals surface area contributed by atoms with E-state index in [0.29, 0.717) is 16.9 Å².